The first-order chi connectivity index (χ1) is 10.8. The van der Waals surface area contributed by atoms with Gasteiger partial charge in [0.1, 0.15) is 0 Å². The summed E-state index contributed by atoms with van der Waals surface area (Å²) in [5.41, 5.74) is 4.62. The molecule has 0 bridgehead atoms. The van der Waals surface area contributed by atoms with Gasteiger partial charge in [0.05, 0.1) is 21.5 Å². The largest absolute Gasteiger partial charge is 0.454 e. The van der Waals surface area contributed by atoms with Gasteiger partial charge in [0.2, 0.25) is 11.9 Å². The van der Waals surface area contributed by atoms with E-state index in [0.717, 1.165) is 20.9 Å². The molecule has 22 heavy (non-hydrogen) atoms. The minimum Gasteiger partial charge on any atom is -0.454 e. The third kappa shape index (κ3) is 2.47. The van der Waals surface area contributed by atoms with Gasteiger partial charge >= 0.3 is 0 Å². The number of rotatable bonds is 3. The summed E-state index contributed by atoms with van der Waals surface area (Å²) in [6.45, 7) is 0.218. The minimum atomic E-state index is 0.218. The number of nitrogens with zero attached hydrogens (tertiary/aromatic N) is 2. The summed E-state index contributed by atoms with van der Waals surface area (Å²) in [5.74, 6) is 1.33. The Morgan fingerprint density at radius 2 is 2.05 bits per heavy atom. The molecular weight excluding hydrogens is 322 g/mol. The van der Waals surface area contributed by atoms with Crippen LogP contribution in [0, 0.1) is 0 Å². The molecule has 0 unspecified atom stereocenters. The van der Waals surface area contributed by atoms with Crippen molar-refractivity contribution in [1.82, 2.24) is 4.98 Å². The quantitative estimate of drug-likeness (QED) is 0.579. The maximum absolute atomic E-state index is 6.19. The van der Waals surface area contributed by atoms with Crippen molar-refractivity contribution < 1.29 is 9.47 Å². The van der Waals surface area contributed by atoms with E-state index in [1.807, 2.05) is 24.3 Å². The van der Waals surface area contributed by atoms with Gasteiger partial charge in [0.25, 0.3) is 0 Å². The number of nitrogens with one attached hydrogen (secondary N) is 1. The second-order valence-electron chi connectivity index (χ2n) is 4.58. The van der Waals surface area contributed by atoms with Crippen molar-refractivity contribution in [3.8, 4) is 11.5 Å². The molecule has 1 N–H and O–H groups in total. The summed E-state index contributed by atoms with van der Waals surface area (Å²) in [6.07, 6.45) is 1.64. The molecule has 0 atom stereocenters. The van der Waals surface area contributed by atoms with Gasteiger partial charge in [-0.2, -0.15) is 5.10 Å². The first-order valence-corrected chi connectivity index (χ1v) is 7.73. The van der Waals surface area contributed by atoms with Gasteiger partial charge in [-0.25, -0.2) is 4.98 Å². The highest BCUT2D eigenvalue weighted by Gasteiger charge is 2.15. The number of hydrogen-bond donors (Lipinski definition) is 1. The molecule has 2 aromatic carbocycles. The van der Waals surface area contributed by atoms with Crippen molar-refractivity contribution in [3.63, 3.8) is 0 Å². The minimum absolute atomic E-state index is 0.218. The molecule has 1 aromatic heterocycles. The molecule has 4 rings (SSSR count). The van der Waals surface area contributed by atoms with Crippen molar-refractivity contribution in [2.45, 2.75) is 0 Å². The molecule has 0 saturated heterocycles. The second kappa shape index (κ2) is 5.47. The lowest BCUT2D eigenvalue weighted by Gasteiger charge is -2.01. The van der Waals surface area contributed by atoms with Crippen LogP contribution in [0.15, 0.2) is 41.5 Å². The highest BCUT2D eigenvalue weighted by Crippen LogP contribution is 2.36. The number of ether oxygens (including phenoxy) is 2. The average molecular weight is 332 g/mol. The SMILES string of the molecule is Clc1cc2c(cc1C=NNc1nc3ccccc3s1)OCO2. The predicted molar refractivity (Wildman–Crippen MR) is 88.4 cm³/mol. The van der Waals surface area contributed by atoms with Crippen LogP contribution >= 0.6 is 22.9 Å². The number of anilines is 1. The smallest absolute Gasteiger partial charge is 0.231 e. The van der Waals surface area contributed by atoms with E-state index >= 15 is 0 Å². The number of thiazole rings is 1. The Bertz CT molecular complexity index is 845. The standard InChI is InChI=1S/C15H10ClN3O2S/c16-10-6-13-12(20-8-21-13)5-9(10)7-17-19-15-18-11-3-1-2-4-14(11)22-15/h1-7H,8H2,(H,18,19). The van der Waals surface area contributed by atoms with Gasteiger partial charge < -0.3 is 9.47 Å². The van der Waals surface area contributed by atoms with E-state index < -0.39 is 0 Å². The summed E-state index contributed by atoms with van der Waals surface area (Å²) in [6, 6.07) is 11.5. The van der Waals surface area contributed by atoms with Gasteiger partial charge in [-0.05, 0) is 18.2 Å². The normalized spacial score (nSPS) is 13.1. The molecule has 110 valence electrons. The zero-order valence-corrected chi connectivity index (χ0v) is 12.8. The molecule has 0 amide bonds. The van der Waals surface area contributed by atoms with Crippen molar-refractivity contribution in [3.05, 3.63) is 47.0 Å². The summed E-state index contributed by atoms with van der Waals surface area (Å²) < 4.78 is 11.7. The van der Waals surface area contributed by atoms with Crippen LogP contribution in [0.1, 0.15) is 5.56 Å². The molecule has 0 spiro atoms. The maximum Gasteiger partial charge on any atom is 0.231 e. The maximum atomic E-state index is 6.19. The summed E-state index contributed by atoms with van der Waals surface area (Å²) in [4.78, 5) is 4.44. The Morgan fingerprint density at radius 1 is 1.23 bits per heavy atom. The molecular formula is C15H10ClN3O2S. The van der Waals surface area contributed by atoms with Gasteiger partial charge in [-0.15, -0.1) is 0 Å². The Labute approximate surface area is 135 Å². The lowest BCUT2D eigenvalue weighted by Crippen LogP contribution is -1.93. The highest BCUT2D eigenvalue weighted by atomic mass is 35.5. The summed E-state index contributed by atoms with van der Waals surface area (Å²) in [7, 11) is 0. The molecule has 3 aromatic rings. The zero-order chi connectivity index (χ0) is 14.9. The highest BCUT2D eigenvalue weighted by molar-refractivity contribution is 7.22. The molecule has 7 heteroatoms. The van der Waals surface area contributed by atoms with Crippen LogP contribution in [0.25, 0.3) is 10.2 Å². The monoisotopic (exact) mass is 331 g/mol. The lowest BCUT2D eigenvalue weighted by atomic mass is 10.2. The van der Waals surface area contributed by atoms with Crippen LogP contribution in [-0.2, 0) is 0 Å². The van der Waals surface area contributed by atoms with E-state index in [-0.39, 0.29) is 6.79 Å². The molecule has 5 nitrogen and oxygen atoms in total. The Hall–Kier alpha value is -2.31. The van der Waals surface area contributed by atoms with Crippen LogP contribution in [-0.4, -0.2) is 18.0 Å². The molecule has 0 saturated carbocycles. The Kier molecular flexibility index (Phi) is 3.32. The fourth-order valence-corrected chi connectivity index (χ4v) is 3.13. The molecule has 0 fully saturated rings. The fraction of sp³-hybridized carbons (Fsp3) is 0.0667. The lowest BCUT2D eigenvalue weighted by molar-refractivity contribution is 0.174. The molecule has 1 aliphatic rings. The molecule has 0 aliphatic carbocycles. The predicted octanol–water partition coefficient (Wildman–Crippen LogP) is 4.12. The molecule has 0 radical (unpaired) electrons. The van der Waals surface area contributed by atoms with Crippen molar-refractivity contribution in [1.29, 1.82) is 0 Å². The number of halogens is 1. The van der Waals surface area contributed by atoms with Gasteiger partial charge in [0.15, 0.2) is 11.5 Å². The van der Waals surface area contributed by atoms with Crippen LogP contribution in [0.3, 0.4) is 0 Å². The van der Waals surface area contributed by atoms with Crippen molar-refractivity contribution >= 4 is 44.5 Å². The average Bonchev–Trinajstić information content (AvgIpc) is 3.12. The Morgan fingerprint density at radius 3 is 2.91 bits per heavy atom. The number of hydrazone groups is 1. The van der Waals surface area contributed by atoms with Crippen LogP contribution in [0.5, 0.6) is 11.5 Å². The topological polar surface area (TPSA) is 55.7 Å². The van der Waals surface area contributed by atoms with Crippen molar-refractivity contribution in [2.75, 3.05) is 12.2 Å². The van der Waals surface area contributed by atoms with Gasteiger partial charge in [0, 0.05) is 11.6 Å². The van der Waals surface area contributed by atoms with Crippen LogP contribution in [0.4, 0.5) is 5.13 Å². The Balaban J connectivity index is 1.54. The van der Waals surface area contributed by atoms with E-state index in [0.29, 0.717) is 16.5 Å². The third-order valence-electron chi connectivity index (χ3n) is 3.15. The van der Waals surface area contributed by atoms with E-state index in [2.05, 4.69) is 15.5 Å². The number of fused-ring (bicyclic) bond motifs is 2. The van der Waals surface area contributed by atoms with E-state index in [9.17, 15) is 0 Å². The van der Waals surface area contributed by atoms with Crippen LogP contribution in [0.2, 0.25) is 5.02 Å². The number of hydrogen-bond acceptors (Lipinski definition) is 6. The van der Waals surface area contributed by atoms with Crippen molar-refractivity contribution in [2.24, 2.45) is 5.10 Å². The van der Waals surface area contributed by atoms with Crippen LogP contribution < -0.4 is 14.9 Å². The molecule has 1 aliphatic heterocycles. The first kappa shape index (κ1) is 13.4. The number of benzene rings is 2. The molecule has 2 heterocycles. The van der Waals surface area contributed by atoms with E-state index in [4.69, 9.17) is 21.1 Å². The van der Waals surface area contributed by atoms with E-state index in [1.165, 1.54) is 0 Å². The first-order valence-electron chi connectivity index (χ1n) is 6.53. The van der Waals surface area contributed by atoms with Gasteiger partial charge in [-0.3, -0.25) is 5.43 Å². The zero-order valence-electron chi connectivity index (χ0n) is 11.2. The number of para-hydroxylation sites is 1. The summed E-state index contributed by atoms with van der Waals surface area (Å²) >= 11 is 7.73. The van der Waals surface area contributed by atoms with Gasteiger partial charge in [-0.1, -0.05) is 35.1 Å². The second-order valence-corrected chi connectivity index (χ2v) is 6.02. The number of aromatic nitrogens is 1. The summed E-state index contributed by atoms with van der Waals surface area (Å²) in [5, 5.41) is 5.47. The van der Waals surface area contributed by atoms with E-state index in [1.54, 1.807) is 29.7 Å². The third-order valence-corrected chi connectivity index (χ3v) is 4.42. The fourth-order valence-electron chi connectivity index (χ4n) is 2.11.